The van der Waals surface area contributed by atoms with E-state index >= 15 is 0 Å². The van der Waals surface area contributed by atoms with Gasteiger partial charge >= 0.3 is 11.9 Å². The standard InChI is InChI=1S/C22H27NO5S/c1-3-11-5-8-14-15(9-11)29-20(18(14)22(27)28-4-2)23-19(24)16-12-6-7-13(10-12)17(16)21(25)26/h6-7,11-13,16-17H,3-5,8-10H2,1-2H3,(H,23,24)(H,25,26)/t11?,12?,13?,16-,17+/m1/s1. The molecule has 0 spiro atoms. The molecule has 0 saturated heterocycles. The largest absolute Gasteiger partial charge is 0.481 e. The number of hydrogen-bond donors (Lipinski definition) is 2. The predicted octanol–water partition coefficient (Wildman–Crippen LogP) is 3.90. The summed E-state index contributed by atoms with van der Waals surface area (Å²) in [6.07, 6.45) is 8.43. The van der Waals surface area contributed by atoms with Gasteiger partial charge in [0.25, 0.3) is 0 Å². The van der Waals surface area contributed by atoms with Crippen LogP contribution in [0.25, 0.3) is 0 Å². The van der Waals surface area contributed by atoms with Crippen LogP contribution in [-0.4, -0.2) is 29.6 Å². The molecule has 0 aliphatic heterocycles. The molecule has 1 saturated carbocycles. The van der Waals surface area contributed by atoms with E-state index in [9.17, 15) is 19.5 Å². The highest BCUT2D eigenvalue weighted by atomic mass is 32.1. The van der Waals surface area contributed by atoms with Crippen molar-refractivity contribution < 1.29 is 24.2 Å². The molecule has 6 nitrogen and oxygen atoms in total. The van der Waals surface area contributed by atoms with Gasteiger partial charge in [-0.2, -0.15) is 0 Å². The lowest BCUT2D eigenvalue weighted by atomic mass is 9.82. The van der Waals surface area contributed by atoms with Crippen molar-refractivity contribution >= 4 is 34.2 Å². The van der Waals surface area contributed by atoms with Gasteiger partial charge in [0.15, 0.2) is 0 Å². The highest BCUT2D eigenvalue weighted by Crippen LogP contribution is 2.49. The maximum absolute atomic E-state index is 13.1. The summed E-state index contributed by atoms with van der Waals surface area (Å²) < 4.78 is 5.27. The summed E-state index contributed by atoms with van der Waals surface area (Å²) in [4.78, 5) is 38.7. The normalized spacial score (nSPS) is 29.5. The van der Waals surface area contributed by atoms with Gasteiger partial charge in [-0.05, 0) is 55.9 Å². The van der Waals surface area contributed by atoms with Gasteiger partial charge in [-0.3, -0.25) is 9.59 Å². The van der Waals surface area contributed by atoms with Crippen molar-refractivity contribution in [3.63, 3.8) is 0 Å². The minimum Gasteiger partial charge on any atom is -0.481 e. The van der Waals surface area contributed by atoms with Gasteiger partial charge in [-0.15, -0.1) is 11.3 Å². The summed E-state index contributed by atoms with van der Waals surface area (Å²) in [5.41, 5.74) is 1.47. The van der Waals surface area contributed by atoms with Gasteiger partial charge in [0, 0.05) is 4.88 Å². The number of fused-ring (bicyclic) bond motifs is 3. The Hall–Kier alpha value is -2.15. The number of carbonyl (C=O) groups excluding carboxylic acids is 2. The number of esters is 1. The monoisotopic (exact) mass is 417 g/mol. The van der Waals surface area contributed by atoms with Crippen LogP contribution in [0, 0.1) is 29.6 Å². The lowest BCUT2D eigenvalue weighted by molar-refractivity contribution is -0.146. The first-order valence-electron chi connectivity index (χ1n) is 10.5. The number of ether oxygens (including phenoxy) is 1. The van der Waals surface area contributed by atoms with Gasteiger partial charge in [0.1, 0.15) is 5.00 Å². The van der Waals surface area contributed by atoms with E-state index in [4.69, 9.17) is 4.74 Å². The molecule has 29 heavy (non-hydrogen) atoms. The lowest BCUT2D eigenvalue weighted by Crippen LogP contribution is -2.36. The van der Waals surface area contributed by atoms with Crippen LogP contribution in [0.3, 0.4) is 0 Å². The molecule has 1 amide bonds. The van der Waals surface area contributed by atoms with E-state index < -0.39 is 23.8 Å². The van der Waals surface area contributed by atoms with Crippen molar-refractivity contribution in [2.75, 3.05) is 11.9 Å². The molecule has 3 aliphatic rings. The molecule has 2 N–H and O–H groups in total. The van der Waals surface area contributed by atoms with Gasteiger partial charge in [0.2, 0.25) is 5.91 Å². The molecule has 0 aromatic carbocycles. The number of carbonyl (C=O) groups is 3. The minimum absolute atomic E-state index is 0.0498. The molecule has 1 heterocycles. The second kappa shape index (κ2) is 7.94. The second-order valence-electron chi connectivity index (χ2n) is 8.27. The van der Waals surface area contributed by atoms with Crippen LogP contribution in [-0.2, 0) is 27.2 Å². The van der Waals surface area contributed by atoms with Gasteiger partial charge in [0.05, 0.1) is 24.0 Å². The summed E-state index contributed by atoms with van der Waals surface area (Å²) in [5, 5.41) is 13.1. The van der Waals surface area contributed by atoms with E-state index in [-0.39, 0.29) is 24.3 Å². The fourth-order valence-electron chi connectivity index (χ4n) is 5.22. The molecule has 4 rings (SSSR count). The summed E-state index contributed by atoms with van der Waals surface area (Å²) in [5.74, 6) is -2.47. The summed E-state index contributed by atoms with van der Waals surface area (Å²) in [7, 11) is 0. The first-order valence-corrected chi connectivity index (χ1v) is 11.3. The molecule has 3 unspecified atom stereocenters. The maximum Gasteiger partial charge on any atom is 0.341 e. The quantitative estimate of drug-likeness (QED) is 0.541. The number of carboxylic acids is 1. The molecule has 156 valence electrons. The number of aliphatic carboxylic acids is 1. The lowest BCUT2D eigenvalue weighted by Gasteiger charge is -2.23. The molecule has 2 bridgehead atoms. The average molecular weight is 418 g/mol. The third-order valence-corrected chi connectivity index (χ3v) is 7.88. The highest BCUT2D eigenvalue weighted by molar-refractivity contribution is 7.17. The van der Waals surface area contributed by atoms with E-state index in [0.717, 1.165) is 36.1 Å². The fourth-order valence-corrected chi connectivity index (χ4v) is 6.57. The Kier molecular flexibility index (Phi) is 5.51. The van der Waals surface area contributed by atoms with Crippen molar-refractivity contribution in [3.8, 4) is 0 Å². The first-order chi connectivity index (χ1) is 13.9. The molecule has 7 heteroatoms. The zero-order valence-electron chi connectivity index (χ0n) is 16.8. The molecule has 1 fully saturated rings. The Labute approximate surface area is 174 Å². The van der Waals surface area contributed by atoms with Crippen molar-refractivity contribution in [1.29, 1.82) is 0 Å². The van der Waals surface area contributed by atoms with Crippen LogP contribution in [0.5, 0.6) is 0 Å². The zero-order valence-corrected chi connectivity index (χ0v) is 17.6. The maximum atomic E-state index is 13.1. The minimum atomic E-state index is -0.927. The fraction of sp³-hybridized carbons (Fsp3) is 0.591. The Morgan fingerprint density at radius 2 is 1.93 bits per heavy atom. The zero-order chi connectivity index (χ0) is 20.7. The Morgan fingerprint density at radius 3 is 2.59 bits per heavy atom. The van der Waals surface area contributed by atoms with Crippen molar-refractivity contribution in [3.05, 3.63) is 28.2 Å². The molecular weight excluding hydrogens is 390 g/mol. The Morgan fingerprint density at radius 1 is 1.21 bits per heavy atom. The van der Waals surface area contributed by atoms with Crippen molar-refractivity contribution in [1.82, 2.24) is 0 Å². The molecule has 5 atom stereocenters. The predicted molar refractivity (Wildman–Crippen MR) is 110 cm³/mol. The number of amides is 1. The van der Waals surface area contributed by atoms with Crippen LogP contribution in [0.2, 0.25) is 0 Å². The smallest absolute Gasteiger partial charge is 0.341 e. The van der Waals surface area contributed by atoms with Crippen molar-refractivity contribution in [2.24, 2.45) is 29.6 Å². The van der Waals surface area contributed by atoms with Crippen LogP contribution in [0.1, 0.15) is 53.9 Å². The second-order valence-corrected chi connectivity index (χ2v) is 9.38. The van der Waals surface area contributed by atoms with E-state index in [1.807, 2.05) is 12.2 Å². The number of rotatable bonds is 6. The number of anilines is 1. The van der Waals surface area contributed by atoms with Crippen LogP contribution < -0.4 is 5.32 Å². The van der Waals surface area contributed by atoms with Gasteiger partial charge < -0.3 is 15.2 Å². The highest BCUT2D eigenvalue weighted by Gasteiger charge is 2.51. The third-order valence-electron chi connectivity index (χ3n) is 6.71. The van der Waals surface area contributed by atoms with Crippen molar-refractivity contribution in [2.45, 2.75) is 46.0 Å². The summed E-state index contributed by atoms with van der Waals surface area (Å²) in [6.45, 7) is 4.21. The average Bonchev–Trinajstić information content (AvgIpc) is 3.39. The topological polar surface area (TPSA) is 92.7 Å². The van der Waals surface area contributed by atoms with Crippen LogP contribution >= 0.6 is 11.3 Å². The van der Waals surface area contributed by atoms with E-state index in [0.29, 0.717) is 22.9 Å². The molecule has 1 aromatic heterocycles. The van der Waals surface area contributed by atoms with Crippen LogP contribution in [0.15, 0.2) is 12.2 Å². The van der Waals surface area contributed by atoms with Crippen LogP contribution in [0.4, 0.5) is 5.00 Å². The molecule has 3 aliphatic carbocycles. The Bertz CT molecular complexity index is 873. The van der Waals surface area contributed by atoms with E-state index in [2.05, 4.69) is 12.2 Å². The number of hydrogen-bond acceptors (Lipinski definition) is 5. The number of nitrogens with one attached hydrogen (secondary N) is 1. The molecular formula is C22H27NO5S. The number of thiophene rings is 1. The number of carboxylic acid groups (broad SMARTS) is 1. The van der Waals surface area contributed by atoms with Gasteiger partial charge in [-0.1, -0.05) is 25.5 Å². The first kappa shape index (κ1) is 20.1. The summed E-state index contributed by atoms with van der Waals surface area (Å²) in [6, 6.07) is 0. The van der Waals surface area contributed by atoms with E-state index in [1.165, 1.54) is 11.3 Å². The molecule has 0 radical (unpaired) electrons. The Balaban J connectivity index is 1.63. The number of allylic oxidation sites excluding steroid dienone is 2. The summed E-state index contributed by atoms with van der Waals surface area (Å²) >= 11 is 1.45. The van der Waals surface area contributed by atoms with Gasteiger partial charge in [-0.25, -0.2) is 4.79 Å². The van der Waals surface area contributed by atoms with E-state index in [1.54, 1.807) is 6.92 Å². The third kappa shape index (κ3) is 3.50. The SMILES string of the molecule is CCOC(=O)c1c(NC(=O)[C@@H]2C3C=CC(C3)[C@@H]2C(=O)O)sc2c1CCC(CC)C2. The molecule has 1 aromatic rings.